The minimum Gasteiger partial charge on any atom is -0.326 e. The number of carbonyl (C=O) groups excluding carboxylic acids is 1. The molecular weight excluding hydrogens is 288 g/mol. The lowest BCUT2D eigenvalue weighted by atomic mass is 9.99. The van der Waals surface area contributed by atoms with Gasteiger partial charge in [-0.25, -0.2) is 0 Å². The van der Waals surface area contributed by atoms with Gasteiger partial charge in [0.1, 0.15) is 0 Å². The monoisotopic (exact) mass is 312 g/mol. The molecule has 23 heavy (non-hydrogen) atoms. The van der Waals surface area contributed by atoms with E-state index in [1.807, 2.05) is 68.4 Å². The number of anilines is 1. The average Bonchev–Trinajstić information content (AvgIpc) is 2.53. The molecule has 3 N–H and O–H groups in total. The predicted octanol–water partition coefficient (Wildman–Crippen LogP) is 3.93. The molecule has 0 aliphatic rings. The summed E-state index contributed by atoms with van der Waals surface area (Å²) in [6, 6.07) is 17.3. The minimum absolute atomic E-state index is 0.0250. The lowest BCUT2D eigenvalue weighted by Crippen LogP contribution is -2.19. The van der Waals surface area contributed by atoms with Gasteiger partial charge in [0.25, 0.3) is 0 Å². The summed E-state index contributed by atoms with van der Waals surface area (Å²) >= 11 is 0. The molecule has 0 spiro atoms. The maximum Gasteiger partial charge on any atom is 0.224 e. The van der Waals surface area contributed by atoms with Gasteiger partial charge in [-0.2, -0.15) is 5.48 Å². The maximum atomic E-state index is 11.9. The second-order valence-electron chi connectivity index (χ2n) is 6.14. The van der Waals surface area contributed by atoms with Crippen LogP contribution in [0.3, 0.4) is 0 Å². The molecule has 0 saturated carbocycles. The highest BCUT2D eigenvalue weighted by atomic mass is 16.5. The Morgan fingerprint density at radius 2 is 1.83 bits per heavy atom. The van der Waals surface area contributed by atoms with Crippen LogP contribution in [0, 0.1) is 5.92 Å². The van der Waals surface area contributed by atoms with Crippen LogP contribution in [0.1, 0.15) is 37.4 Å². The van der Waals surface area contributed by atoms with Crippen molar-refractivity contribution >= 4 is 11.6 Å². The molecule has 0 aromatic heterocycles. The van der Waals surface area contributed by atoms with E-state index in [-0.39, 0.29) is 11.9 Å². The van der Waals surface area contributed by atoms with Gasteiger partial charge in [0.2, 0.25) is 5.91 Å². The fraction of sp³-hybridized carbons (Fsp3) is 0.316. The first-order valence-corrected chi connectivity index (χ1v) is 7.92. The Morgan fingerprint density at radius 1 is 1.09 bits per heavy atom. The summed E-state index contributed by atoms with van der Waals surface area (Å²) in [5.74, 6) is 0.358. The van der Waals surface area contributed by atoms with E-state index in [1.54, 1.807) is 0 Å². The Balaban J connectivity index is 2.05. The topological polar surface area (TPSA) is 61.4 Å². The van der Waals surface area contributed by atoms with E-state index in [0.717, 1.165) is 16.8 Å². The number of hydrogen-bond acceptors (Lipinski definition) is 3. The highest BCUT2D eigenvalue weighted by Crippen LogP contribution is 2.20. The Hall–Kier alpha value is -2.17. The largest absolute Gasteiger partial charge is 0.326 e. The molecule has 0 fully saturated rings. The first-order valence-electron chi connectivity index (χ1n) is 7.92. The third-order valence-corrected chi connectivity index (χ3v) is 3.60. The number of nitrogens with one attached hydrogen (secondary N) is 2. The van der Waals surface area contributed by atoms with Crippen molar-refractivity contribution in [1.82, 2.24) is 5.48 Å². The van der Waals surface area contributed by atoms with Gasteiger partial charge in [-0.05, 0) is 35.6 Å². The van der Waals surface area contributed by atoms with E-state index in [0.29, 0.717) is 18.8 Å². The van der Waals surface area contributed by atoms with Gasteiger partial charge in [-0.15, -0.1) is 0 Å². The van der Waals surface area contributed by atoms with Crippen molar-refractivity contribution in [3.63, 3.8) is 0 Å². The third kappa shape index (κ3) is 5.51. The van der Waals surface area contributed by atoms with Gasteiger partial charge < -0.3 is 10.5 Å². The summed E-state index contributed by atoms with van der Waals surface area (Å²) in [4.78, 5) is 11.9. The minimum atomic E-state index is -0.183. The van der Waals surface area contributed by atoms with Crippen LogP contribution >= 0.6 is 0 Å². The Labute approximate surface area is 137 Å². The molecular formula is C19H24N2O2. The van der Waals surface area contributed by atoms with Crippen molar-refractivity contribution < 1.29 is 10.0 Å². The fourth-order valence-electron chi connectivity index (χ4n) is 2.52. The quantitative estimate of drug-likeness (QED) is 0.679. The summed E-state index contributed by atoms with van der Waals surface area (Å²) in [6.45, 7) is 4.04. The number of hydroxylamine groups is 1. The summed E-state index contributed by atoms with van der Waals surface area (Å²) in [6.07, 6.45) is 1.14. The molecule has 2 aromatic rings. The molecule has 0 bridgehead atoms. The standard InChI is InChI=1S/C19H24N2O2/c1-14(2)11-19(22)20-17-10-6-7-15(12-17)13-18(21-23)16-8-4-3-5-9-16/h3-10,12,14,18,21,23H,11,13H2,1-2H3,(H,20,22). The Kier molecular flexibility index (Phi) is 6.32. The van der Waals surface area contributed by atoms with Crippen LogP contribution in [0.5, 0.6) is 0 Å². The average molecular weight is 312 g/mol. The first kappa shape index (κ1) is 17.2. The van der Waals surface area contributed by atoms with Crippen LogP contribution < -0.4 is 10.8 Å². The molecule has 1 amide bonds. The van der Waals surface area contributed by atoms with Crippen LogP contribution in [0.25, 0.3) is 0 Å². The van der Waals surface area contributed by atoms with E-state index >= 15 is 0 Å². The van der Waals surface area contributed by atoms with E-state index in [9.17, 15) is 10.0 Å². The Bertz CT molecular complexity index is 626. The summed E-state index contributed by atoms with van der Waals surface area (Å²) < 4.78 is 0. The number of hydrogen-bond donors (Lipinski definition) is 3. The van der Waals surface area contributed by atoms with Gasteiger partial charge in [0.05, 0.1) is 6.04 Å². The SMILES string of the molecule is CC(C)CC(=O)Nc1cccc(CC(NO)c2ccccc2)c1. The molecule has 0 saturated heterocycles. The third-order valence-electron chi connectivity index (χ3n) is 3.60. The highest BCUT2D eigenvalue weighted by Gasteiger charge is 2.11. The van der Waals surface area contributed by atoms with Gasteiger partial charge in [0, 0.05) is 12.1 Å². The van der Waals surface area contributed by atoms with E-state index in [2.05, 4.69) is 10.8 Å². The smallest absolute Gasteiger partial charge is 0.224 e. The van der Waals surface area contributed by atoms with Crippen molar-refractivity contribution in [3.05, 3.63) is 65.7 Å². The van der Waals surface area contributed by atoms with Crippen LogP contribution in [-0.4, -0.2) is 11.1 Å². The molecule has 4 heteroatoms. The van der Waals surface area contributed by atoms with Crippen molar-refractivity contribution in [2.24, 2.45) is 5.92 Å². The zero-order valence-electron chi connectivity index (χ0n) is 13.6. The molecule has 1 atom stereocenters. The molecule has 2 rings (SSSR count). The molecule has 122 valence electrons. The lowest BCUT2D eigenvalue weighted by molar-refractivity contribution is -0.116. The molecule has 1 unspecified atom stereocenters. The fourth-order valence-corrected chi connectivity index (χ4v) is 2.52. The summed E-state index contributed by atoms with van der Waals surface area (Å²) in [5, 5.41) is 12.4. The van der Waals surface area contributed by atoms with Crippen LogP contribution in [0.2, 0.25) is 0 Å². The zero-order chi connectivity index (χ0) is 16.7. The van der Waals surface area contributed by atoms with Crippen LogP contribution in [0.4, 0.5) is 5.69 Å². The predicted molar refractivity (Wildman–Crippen MR) is 92.3 cm³/mol. The molecule has 2 aromatic carbocycles. The molecule has 0 heterocycles. The lowest BCUT2D eigenvalue weighted by Gasteiger charge is -2.16. The zero-order valence-corrected chi connectivity index (χ0v) is 13.6. The van der Waals surface area contributed by atoms with Crippen molar-refractivity contribution in [3.8, 4) is 0 Å². The van der Waals surface area contributed by atoms with Crippen LogP contribution in [-0.2, 0) is 11.2 Å². The maximum absolute atomic E-state index is 11.9. The van der Waals surface area contributed by atoms with Gasteiger partial charge in [0.15, 0.2) is 0 Å². The normalized spacial score (nSPS) is 12.2. The summed E-state index contributed by atoms with van der Waals surface area (Å²) in [7, 11) is 0. The van der Waals surface area contributed by atoms with E-state index in [1.165, 1.54) is 0 Å². The molecule has 0 aliphatic heterocycles. The van der Waals surface area contributed by atoms with Gasteiger partial charge in [-0.1, -0.05) is 56.3 Å². The Morgan fingerprint density at radius 3 is 2.48 bits per heavy atom. The van der Waals surface area contributed by atoms with Crippen LogP contribution in [0.15, 0.2) is 54.6 Å². The first-order chi connectivity index (χ1) is 11.1. The highest BCUT2D eigenvalue weighted by molar-refractivity contribution is 5.90. The molecule has 4 nitrogen and oxygen atoms in total. The molecule has 0 aliphatic carbocycles. The van der Waals surface area contributed by atoms with Gasteiger partial charge >= 0.3 is 0 Å². The second kappa shape index (κ2) is 8.46. The number of rotatable bonds is 7. The van der Waals surface area contributed by atoms with Gasteiger partial charge in [-0.3, -0.25) is 4.79 Å². The number of amides is 1. The van der Waals surface area contributed by atoms with Crippen molar-refractivity contribution in [2.45, 2.75) is 32.7 Å². The molecule has 0 radical (unpaired) electrons. The number of carbonyl (C=O) groups is 1. The van der Waals surface area contributed by atoms with E-state index in [4.69, 9.17) is 0 Å². The summed E-state index contributed by atoms with van der Waals surface area (Å²) in [5.41, 5.74) is 5.22. The second-order valence-corrected chi connectivity index (χ2v) is 6.14. The van der Waals surface area contributed by atoms with E-state index < -0.39 is 0 Å². The van der Waals surface area contributed by atoms with Crippen molar-refractivity contribution in [1.29, 1.82) is 0 Å². The number of benzene rings is 2. The van der Waals surface area contributed by atoms with Crippen molar-refractivity contribution in [2.75, 3.05) is 5.32 Å².